The topological polar surface area (TPSA) is 43.1 Å². The summed E-state index contributed by atoms with van der Waals surface area (Å²) >= 11 is 0. The summed E-state index contributed by atoms with van der Waals surface area (Å²) in [6.45, 7) is 2.05. The van der Waals surface area contributed by atoms with E-state index in [4.69, 9.17) is 5.73 Å². The van der Waals surface area contributed by atoms with Gasteiger partial charge in [0.25, 0.3) is 0 Å². The molecule has 0 saturated heterocycles. The van der Waals surface area contributed by atoms with E-state index < -0.39 is 10.8 Å². The third kappa shape index (κ3) is 3.44. The Kier molecular flexibility index (Phi) is 4.15. The number of hydrogen-bond acceptors (Lipinski definition) is 2. The molecule has 2 N–H and O–H groups in total. The Morgan fingerprint density at radius 1 is 1.00 bits per heavy atom. The minimum Gasteiger partial charge on any atom is -0.399 e. The van der Waals surface area contributed by atoms with E-state index in [2.05, 4.69) is 13.0 Å². The molecule has 2 aromatic rings. The Hall–Kier alpha value is -1.61. The highest BCUT2D eigenvalue weighted by Gasteiger charge is 2.05. The van der Waals surface area contributed by atoms with Crippen LogP contribution in [0.4, 0.5) is 5.69 Å². The molecule has 0 amide bonds. The summed E-state index contributed by atoms with van der Waals surface area (Å²) in [5, 5.41) is 0. The van der Waals surface area contributed by atoms with Crippen molar-refractivity contribution < 1.29 is 4.21 Å². The predicted molar refractivity (Wildman–Crippen MR) is 77.6 cm³/mol. The number of aryl methyl sites for hydroxylation is 1. The minimum atomic E-state index is -0.880. The lowest BCUT2D eigenvalue weighted by molar-refractivity contribution is 0.682. The first-order valence-corrected chi connectivity index (χ1v) is 7.38. The van der Waals surface area contributed by atoms with E-state index in [-0.39, 0.29) is 0 Å². The molecule has 18 heavy (non-hydrogen) atoms. The van der Waals surface area contributed by atoms with Crippen LogP contribution in [0.25, 0.3) is 0 Å². The van der Waals surface area contributed by atoms with Crippen LogP contribution in [0.5, 0.6) is 0 Å². The molecule has 1 unspecified atom stereocenters. The lowest BCUT2D eigenvalue weighted by Gasteiger charge is -2.06. The van der Waals surface area contributed by atoms with Crippen molar-refractivity contribution in [1.29, 1.82) is 0 Å². The van der Waals surface area contributed by atoms with Crippen molar-refractivity contribution >= 4 is 16.5 Å². The summed E-state index contributed by atoms with van der Waals surface area (Å²) in [4.78, 5) is 0. The number of nitrogens with two attached hydrogens (primary N) is 1. The molecule has 0 bridgehead atoms. The van der Waals surface area contributed by atoms with Crippen LogP contribution in [-0.4, -0.2) is 4.21 Å². The van der Waals surface area contributed by atoms with Gasteiger partial charge in [-0.15, -0.1) is 0 Å². The second-order valence-electron chi connectivity index (χ2n) is 4.40. The van der Waals surface area contributed by atoms with Crippen LogP contribution in [0.3, 0.4) is 0 Å². The Balaban J connectivity index is 2.01. The third-order valence-corrected chi connectivity index (χ3v) is 4.17. The van der Waals surface area contributed by atoms with Crippen LogP contribution >= 0.6 is 0 Å². The molecule has 0 aliphatic heterocycles. The van der Waals surface area contributed by atoms with Gasteiger partial charge in [0.2, 0.25) is 0 Å². The summed E-state index contributed by atoms with van der Waals surface area (Å²) in [6, 6.07) is 15.6. The molecular formula is C15H17NOS. The number of hydrogen-bond donors (Lipinski definition) is 1. The maximum absolute atomic E-state index is 12.1. The molecule has 1 atom stereocenters. The van der Waals surface area contributed by atoms with Gasteiger partial charge in [0.15, 0.2) is 0 Å². The van der Waals surface area contributed by atoms with E-state index in [0.717, 1.165) is 16.8 Å². The molecular weight excluding hydrogens is 242 g/mol. The van der Waals surface area contributed by atoms with Gasteiger partial charge in [-0.1, -0.05) is 36.4 Å². The maximum Gasteiger partial charge on any atom is 0.0491 e. The highest BCUT2D eigenvalue weighted by Crippen LogP contribution is 2.13. The van der Waals surface area contributed by atoms with E-state index in [1.807, 2.05) is 42.5 Å². The first-order valence-electron chi connectivity index (χ1n) is 5.89. The van der Waals surface area contributed by atoms with Crippen molar-refractivity contribution in [1.82, 2.24) is 0 Å². The van der Waals surface area contributed by atoms with Crippen molar-refractivity contribution in [3.63, 3.8) is 0 Å². The maximum atomic E-state index is 12.1. The highest BCUT2D eigenvalue weighted by molar-refractivity contribution is 7.83. The lowest BCUT2D eigenvalue weighted by atomic mass is 10.1. The molecule has 2 nitrogen and oxygen atoms in total. The van der Waals surface area contributed by atoms with Crippen molar-refractivity contribution in [2.45, 2.75) is 18.4 Å². The van der Waals surface area contributed by atoms with Crippen LogP contribution in [0, 0.1) is 6.92 Å². The first kappa shape index (κ1) is 12.8. The van der Waals surface area contributed by atoms with Crippen LogP contribution < -0.4 is 5.73 Å². The molecule has 94 valence electrons. The fraction of sp³-hybridized carbons (Fsp3) is 0.200. The lowest BCUT2D eigenvalue weighted by Crippen LogP contribution is -2.01. The normalized spacial score (nSPS) is 12.3. The van der Waals surface area contributed by atoms with E-state index in [1.165, 1.54) is 5.56 Å². The summed E-state index contributed by atoms with van der Waals surface area (Å²) in [6.07, 6.45) is 0. The number of anilines is 1. The zero-order chi connectivity index (χ0) is 13.0. The standard InChI is InChI=1S/C15H17NOS/c1-12-4-2-3-5-14(12)11-18(17)10-13-6-8-15(16)9-7-13/h2-9H,10-11,16H2,1H3. The highest BCUT2D eigenvalue weighted by atomic mass is 32.2. The van der Waals surface area contributed by atoms with E-state index in [9.17, 15) is 4.21 Å². The molecule has 0 radical (unpaired) electrons. The van der Waals surface area contributed by atoms with E-state index in [0.29, 0.717) is 11.5 Å². The van der Waals surface area contributed by atoms with Gasteiger partial charge in [-0.2, -0.15) is 0 Å². The number of rotatable bonds is 4. The average Bonchev–Trinajstić information content (AvgIpc) is 2.35. The molecule has 2 rings (SSSR count). The van der Waals surface area contributed by atoms with Crippen LogP contribution in [0.15, 0.2) is 48.5 Å². The molecule has 0 fully saturated rings. The second-order valence-corrected chi connectivity index (χ2v) is 5.85. The van der Waals surface area contributed by atoms with Gasteiger partial charge in [-0.3, -0.25) is 4.21 Å². The fourth-order valence-electron chi connectivity index (χ4n) is 1.80. The molecule has 0 saturated carbocycles. The summed E-state index contributed by atoms with van der Waals surface area (Å²) in [5.41, 5.74) is 9.79. The largest absolute Gasteiger partial charge is 0.399 e. The number of benzene rings is 2. The monoisotopic (exact) mass is 259 g/mol. The van der Waals surface area contributed by atoms with Crippen molar-refractivity contribution in [3.05, 3.63) is 65.2 Å². The quantitative estimate of drug-likeness (QED) is 0.858. The Morgan fingerprint density at radius 2 is 1.67 bits per heavy atom. The van der Waals surface area contributed by atoms with Gasteiger partial charge >= 0.3 is 0 Å². The Bertz CT molecular complexity index is 549. The van der Waals surface area contributed by atoms with Gasteiger partial charge in [-0.25, -0.2) is 0 Å². The SMILES string of the molecule is Cc1ccccc1CS(=O)Cc1ccc(N)cc1. The third-order valence-electron chi connectivity index (χ3n) is 2.89. The van der Waals surface area contributed by atoms with Gasteiger partial charge in [-0.05, 0) is 35.7 Å². The zero-order valence-corrected chi connectivity index (χ0v) is 11.2. The average molecular weight is 259 g/mol. The smallest absolute Gasteiger partial charge is 0.0491 e. The molecule has 0 aliphatic carbocycles. The van der Waals surface area contributed by atoms with Gasteiger partial charge in [0, 0.05) is 28.0 Å². The van der Waals surface area contributed by atoms with Crippen LogP contribution in [-0.2, 0) is 22.3 Å². The molecule has 2 aromatic carbocycles. The van der Waals surface area contributed by atoms with Crippen molar-refractivity contribution in [3.8, 4) is 0 Å². The molecule has 0 aliphatic rings. The van der Waals surface area contributed by atoms with Gasteiger partial charge < -0.3 is 5.73 Å². The van der Waals surface area contributed by atoms with Crippen LogP contribution in [0.1, 0.15) is 16.7 Å². The first-order chi connectivity index (χ1) is 8.65. The molecule has 0 aromatic heterocycles. The Labute approximate surface area is 110 Å². The fourth-order valence-corrected chi connectivity index (χ4v) is 3.13. The molecule has 0 spiro atoms. The summed E-state index contributed by atoms with van der Waals surface area (Å²) < 4.78 is 12.1. The van der Waals surface area contributed by atoms with Crippen LogP contribution in [0.2, 0.25) is 0 Å². The summed E-state index contributed by atoms with van der Waals surface area (Å²) in [5.74, 6) is 1.19. The van der Waals surface area contributed by atoms with Gasteiger partial charge in [0.05, 0.1) is 0 Å². The zero-order valence-electron chi connectivity index (χ0n) is 10.4. The molecule has 3 heteroatoms. The predicted octanol–water partition coefficient (Wildman–Crippen LogP) is 3.03. The number of nitrogen functional groups attached to an aromatic ring is 1. The van der Waals surface area contributed by atoms with E-state index in [1.54, 1.807) is 0 Å². The second kappa shape index (κ2) is 5.83. The molecule has 0 heterocycles. The summed E-state index contributed by atoms with van der Waals surface area (Å²) in [7, 11) is -0.880. The van der Waals surface area contributed by atoms with Crippen molar-refractivity contribution in [2.24, 2.45) is 0 Å². The van der Waals surface area contributed by atoms with Crippen molar-refractivity contribution in [2.75, 3.05) is 5.73 Å². The Morgan fingerprint density at radius 3 is 2.33 bits per heavy atom. The van der Waals surface area contributed by atoms with Gasteiger partial charge in [0.1, 0.15) is 0 Å². The minimum absolute atomic E-state index is 0.578. The van der Waals surface area contributed by atoms with E-state index >= 15 is 0 Å².